The first kappa shape index (κ1) is 26.4. The molecule has 9 heteroatoms. The number of methoxy groups -OCH3 is 1. The number of rotatable bonds is 11. The Morgan fingerprint density at radius 3 is 2.78 bits per heavy atom. The minimum absolute atomic E-state index is 0.227. The molecule has 9 nitrogen and oxygen atoms in total. The van der Waals surface area contributed by atoms with Crippen LogP contribution in [0.15, 0.2) is 18.2 Å². The first-order chi connectivity index (χ1) is 18.0. The van der Waals surface area contributed by atoms with Crippen LogP contribution in [0.2, 0.25) is 0 Å². The Labute approximate surface area is 219 Å². The summed E-state index contributed by atoms with van der Waals surface area (Å²) in [4.78, 5) is 18.2. The van der Waals surface area contributed by atoms with E-state index >= 15 is 0 Å². The standard InChI is InChI=1S/C28H41N3O6/c1-29(2)9-11-37-28(33)31-25-5-4-21(32)16-23(25)22-6-8-30-17-19-14-20(26(30)24(15-19)27(22)31)7-10-35-18-36-13-12-34-3/h4-5,16,19-20,24,26,32H,6-15,17-18H2,1-3H3. The summed E-state index contributed by atoms with van der Waals surface area (Å²) in [6.45, 7) is 5.16. The quantitative estimate of drug-likeness (QED) is 0.361. The van der Waals surface area contributed by atoms with Crippen molar-refractivity contribution in [2.75, 3.05) is 74.1 Å². The lowest BCUT2D eigenvalue weighted by molar-refractivity contribution is -0.0788. The van der Waals surface area contributed by atoms with Gasteiger partial charge in [-0.2, -0.15) is 0 Å². The number of hydrogen-bond acceptors (Lipinski definition) is 8. The maximum absolute atomic E-state index is 13.5. The van der Waals surface area contributed by atoms with Gasteiger partial charge in [0.2, 0.25) is 0 Å². The molecule has 5 atom stereocenters. The molecule has 0 radical (unpaired) electrons. The number of aromatic nitrogens is 1. The van der Waals surface area contributed by atoms with Gasteiger partial charge < -0.3 is 29.0 Å². The molecule has 1 aromatic carbocycles. The van der Waals surface area contributed by atoms with Gasteiger partial charge in [-0.25, -0.2) is 9.36 Å². The summed E-state index contributed by atoms with van der Waals surface area (Å²) in [5, 5.41) is 11.3. The average Bonchev–Trinajstić information content (AvgIpc) is 3.14. The minimum Gasteiger partial charge on any atom is -0.508 e. The molecule has 2 aromatic rings. The van der Waals surface area contributed by atoms with Gasteiger partial charge in [-0.1, -0.05) is 0 Å². The van der Waals surface area contributed by atoms with Crippen molar-refractivity contribution in [3.63, 3.8) is 0 Å². The Morgan fingerprint density at radius 1 is 1.14 bits per heavy atom. The van der Waals surface area contributed by atoms with Crippen LogP contribution in [0, 0.1) is 11.8 Å². The van der Waals surface area contributed by atoms with Crippen molar-refractivity contribution in [1.82, 2.24) is 14.4 Å². The second kappa shape index (κ2) is 11.7. The van der Waals surface area contributed by atoms with Crippen molar-refractivity contribution < 1.29 is 28.8 Å². The fourth-order valence-corrected chi connectivity index (χ4v) is 6.85. The van der Waals surface area contributed by atoms with Gasteiger partial charge in [-0.05, 0) is 75.4 Å². The summed E-state index contributed by atoms with van der Waals surface area (Å²) >= 11 is 0. The van der Waals surface area contributed by atoms with E-state index < -0.39 is 0 Å². The van der Waals surface area contributed by atoms with Gasteiger partial charge >= 0.3 is 6.09 Å². The number of piperidine rings is 2. The lowest BCUT2D eigenvalue weighted by Crippen LogP contribution is -2.56. The van der Waals surface area contributed by atoms with Gasteiger partial charge in [0.1, 0.15) is 19.1 Å². The lowest BCUT2D eigenvalue weighted by Gasteiger charge is -2.53. The van der Waals surface area contributed by atoms with Crippen molar-refractivity contribution in [3.05, 3.63) is 29.5 Å². The Morgan fingerprint density at radius 2 is 1.97 bits per heavy atom. The monoisotopic (exact) mass is 515 g/mol. The molecule has 37 heavy (non-hydrogen) atoms. The summed E-state index contributed by atoms with van der Waals surface area (Å²) in [7, 11) is 5.60. The molecule has 2 saturated heterocycles. The molecule has 4 aliphatic rings. The summed E-state index contributed by atoms with van der Waals surface area (Å²) in [5.41, 5.74) is 3.12. The Hall–Kier alpha value is -2.17. The Balaban J connectivity index is 1.41. The number of ether oxygens (including phenoxy) is 4. The molecule has 1 aliphatic carbocycles. The zero-order valence-corrected chi connectivity index (χ0v) is 22.4. The van der Waals surface area contributed by atoms with Gasteiger partial charge in [-0.3, -0.25) is 4.90 Å². The average molecular weight is 516 g/mol. The number of phenols is 1. The predicted octanol–water partition coefficient (Wildman–Crippen LogP) is 3.27. The minimum atomic E-state index is -0.318. The number of fused-ring (bicyclic) bond motifs is 4. The topological polar surface area (TPSA) is 85.6 Å². The highest BCUT2D eigenvalue weighted by molar-refractivity contribution is 5.95. The molecule has 6 rings (SSSR count). The van der Waals surface area contributed by atoms with Crippen LogP contribution in [0.25, 0.3) is 10.9 Å². The number of hydrogen-bond donors (Lipinski definition) is 1. The summed E-state index contributed by atoms with van der Waals surface area (Å²) in [5.74, 6) is 1.59. The second-order valence-corrected chi connectivity index (χ2v) is 11.0. The van der Waals surface area contributed by atoms with Crippen LogP contribution in [-0.2, 0) is 25.4 Å². The maximum atomic E-state index is 13.5. The molecule has 0 spiro atoms. The second-order valence-electron chi connectivity index (χ2n) is 11.0. The van der Waals surface area contributed by atoms with Gasteiger partial charge in [0.05, 0.1) is 18.7 Å². The van der Waals surface area contributed by atoms with E-state index in [0.29, 0.717) is 50.8 Å². The highest BCUT2D eigenvalue weighted by atomic mass is 16.7. The van der Waals surface area contributed by atoms with Crippen LogP contribution in [0.5, 0.6) is 5.75 Å². The SMILES string of the molecule is COCCOCOCCC1CC2CC3c4c(c5cc(O)ccc5n4C(=O)OCCN(C)C)CCN(C2)C13. The number of carbonyl (C=O) groups excluding carboxylic acids is 1. The molecule has 4 heterocycles. The van der Waals surface area contributed by atoms with Crippen molar-refractivity contribution in [2.45, 2.75) is 37.6 Å². The molecular formula is C28H41N3O6. The predicted molar refractivity (Wildman–Crippen MR) is 140 cm³/mol. The van der Waals surface area contributed by atoms with Gasteiger partial charge in [0, 0.05) is 56.4 Å². The molecule has 1 aromatic heterocycles. The third kappa shape index (κ3) is 5.52. The molecule has 5 unspecified atom stereocenters. The first-order valence-corrected chi connectivity index (χ1v) is 13.5. The Bertz CT molecular complexity index is 1090. The number of benzene rings is 1. The molecular weight excluding hydrogens is 474 g/mol. The Kier molecular flexibility index (Phi) is 8.36. The number of carbonyl (C=O) groups is 1. The van der Waals surface area contributed by atoms with Crippen LogP contribution < -0.4 is 0 Å². The molecule has 3 fully saturated rings. The smallest absolute Gasteiger partial charge is 0.418 e. The fourth-order valence-electron chi connectivity index (χ4n) is 6.85. The molecule has 4 bridgehead atoms. The fraction of sp³-hybridized carbons (Fsp3) is 0.679. The third-order valence-corrected chi connectivity index (χ3v) is 8.31. The summed E-state index contributed by atoms with van der Waals surface area (Å²) in [6.07, 6.45) is 3.81. The number of likely N-dealkylation sites (N-methyl/N-ethyl adjacent to an activating group) is 1. The van der Waals surface area contributed by atoms with Crippen molar-refractivity contribution in [2.24, 2.45) is 11.8 Å². The first-order valence-electron chi connectivity index (χ1n) is 13.5. The van der Waals surface area contributed by atoms with Gasteiger partial charge in [-0.15, -0.1) is 0 Å². The van der Waals surface area contributed by atoms with Gasteiger partial charge in [0.15, 0.2) is 0 Å². The number of phenolic OH excluding ortho intramolecular Hbond substituents is 1. The van der Waals surface area contributed by atoms with Crippen LogP contribution in [-0.4, -0.2) is 106 Å². The van der Waals surface area contributed by atoms with E-state index in [9.17, 15) is 9.90 Å². The van der Waals surface area contributed by atoms with Crippen molar-refractivity contribution in [3.8, 4) is 5.75 Å². The van der Waals surface area contributed by atoms with E-state index in [-0.39, 0.29) is 24.6 Å². The molecule has 1 saturated carbocycles. The molecule has 3 aliphatic heterocycles. The largest absolute Gasteiger partial charge is 0.508 e. The van der Waals surface area contributed by atoms with Crippen LogP contribution in [0.1, 0.15) is 36.4 Å². The summed E-state index contributed by atoms with van der Waals surface area (Å²) in [6, 6.07) is 5.71. The normalized spacial score (nSPS) is 26.4. The van der Waals surface area contributed by atoms with Crippen LogP contribution >= 0.6 is 0 Å². The van der Waals surface area contributed by atoms with E-state index in [2.05, 4.69) is 4.90 Å². The van der Waals surface area contributed by atoms with E-state index in [0.717, 1.165) is 48.9 Å². The van der Waals surface area contributed by atoms with E-state index in [1.165, 1.54) is 12.0 Å². The van der Waals surface area contributed by atoms with Crippen LogP contribution in [0.4, 0.5) is 4.79 Å². The van der Waals surface area contributed by atoms with Crippen LogP contribution in [0.3, 0.4) is 0 Å². The molecule has 0 amide bonds. The number of aromatic hydroxyl groups is 1. The number of nitrogens with zero attached hydrogens (tertiary/aromatic N) is 3. The van der Waals surface area contributed by atoms with E-state index in [1.54, 1.807) is 13.2 Å². The van der Waals surface area contributed by atoms with E-state index in [4.69, 9.17) is 18.9 Å². The highest BCUT2D eigenvalue weighted by Gasteiger charge is 2.50. The van der Waals surface area contributed by atoms with Gasteiger partial charge in [0.25, 0.3) is 0 Å². The highest BCUT2D eigenvalue weighted by Crippen LogP contribution is 2.52. The van der Waals surface area contributed by atoms with E-state index in [1.807, 2.05) is 35.7 Å². The lowest BCUT2D eigenvalue weighted by atomic mass is 9.65. The molecule has 204 valence electrons. The van der Waals surface area contributed by atoms with Crippen molar-refractivity contribution in [1.29, 1.82) is 0 Å². The summed E-state index contributed by atoms with van der Waals surface area (Å²) < 4.78 is 23.9. The third-order valence-electron chi connectivity index (χ3n) is 8.31. The zero-order chi connectivity index (χ0) is 25.9. The maximum Gasteiger partial charge on any atom is 0.418 e. The molecule has 1 N–H and O–H groups in total. The van der Waals surface area contributed by atoms with Crippen molar-refractivity contribution >= 4 is 17.0 Å². The zero-order valence-electron chi connectivity index (χ0n) is 22.4.